The van der Waals surface area contributed by atoms with E-state index in [1.54, 1.807) is 17.0 Å². The first-order valence-electron chi connectivity index (χ1n) is 7.98. The topological polar surface area (TPSA) is 69.4 Å². The van der Waals surface area contributed by atoms with Crippen molar-refractivity contribution in [2.45, 2.75) is 45.3 Å². The van der Waals surface area contributed by atoms with Crippen molar-refractivity contribution in [1.29, 1.82) is 0 Å². The Morgan fingerprint density at radius 3 is 2.79 bits per heavy atom. The number of rotatable bonds is 2. The van der Waals surface area contributed by atoms with E-state index in [0.29, 0.717) is 6.54 Å². The van der Waals surface area contributed by atoms with Gasteiger partial charge in [-0.15, -0.1) is 11.3 Å². The summed E-state index contributed by atoms with van der Waals surface area (Å²) in [7, 11) is 0. The molecule has 0 aliphatic carbocycles. The van der Waals surface area contributed by atoms with Crippen molar-refractivity contribution in [3.8, 4) is 11.3 Å². The lowest BCUT2D eigenvalue weighted by Gasteiger charge is -2.27. The lowest BCUT2D eigenvalue weighted by molar-refractivity contribution is -0.605. The maximum atomic E-state index is 12.4. The maximum Gasteiger partial charge on any atom is 0.410 e. The normalized spacial score (nSPS) is 18.0. The van der Waals surface area contributed by atoms with E-state index in [1.807, 2.05) is 26.2 Å². The number of carbonyl (C=O) groups excluding carboxylic acids is 1. The van der Waals surface area contributed by atoms with Gasteiger partial charge in [-0.3, -0.25) is 4.90 Å². The molecular formula is C17H21N3O3S. The second-order valence-corrected chi connectivity index (χ2v) is 7.74. The fraction of sp³-hybridized carbons (Fsp3) is 0.471. The Balaban J connectivity index is 1.78. The van der Waals surface area contributed by atoms with E-state index in [4.69, 9.17) is 4.74 Å². The predicted molar refractivity (Wildman–Crippen MR) is 91.4 cm³/mol. The van der Waals surface area contributed by atoms with E-state index < -0.39 is 5.60 Å². The summed E-state index contributed by atoms with van der Waals surface area (Å²) in [5, 5.41) is 14.0. The second-order valence-electron chi connectivity index (χ2n) is 6.85. The molecule has 1 aliphatic heterocycles. The fourth-order valence-electron chi connectivity index (χ4n) is 2.72. The average Bonchev–Trinajstić information content (AvgIpc) is 3.15. The summed E-state index contributed by atoms with van der Waals surface area (Å²) in [5.74, 6) is 0. The van der Waals surface area contributed by atoms with Crippen LogP contribution in [0.1, 0.15) is 44.7 Å². The number of pyridine rings is 1. The molecule has 3 rings (SSSR count). The zero-order valence-electron chi connectivity index (χ0n) is 14.1. The van der Waals surface area contributed by atoms with Crippen LogP contribution in [0, 0.1) is 5.21 Å². The van der Waals surface area contributed by atoms with Crippen molar-refractivity contribution in [2.75, 3.05) is 6.54 Å². The van der Waals surface area contributed by atoms with Crippen LogP contribution in [-0.2, 0) is 4.74 Å². The molecule has 0 spiro atoms. The third kappa shape index (κ3) is 3.67. The average molecular weight is 347 g/mol. The summed E-state index contributed by atoms with van der Waals surface area (Å²) in [6.45, 7) is 6.30. The summed E-state index contributed by atoms with van der Waals surface area (Å²) in [5.41, 5.74) is 1.22. The van der Waals surface area contributed by atoms with E-state index in [1.165, 1.54) is 23.7 Å². The molecule has 128 valence electrons. The lowest BCUT2D eigenvalue weighted by atomic mass is 10.2. The molecule has 1 amide bonds. The van der Waals surface area contributed by atoms with Crippen LogP contribution in [0.3, 0.4) is 0 Å². The van der Waals surface area contributed by atoms with Crippen LogP contribution in [0.5, 0.6) is 0 Å². The van der Waals surface area contributed by atoms with Gasteiger partial charge in [-0.2, -0.15) is 4.73 Å². The van der Waals surface area contributed by atoms with E-state index in [0.717, 1.165) is 33.8 Å². The first-order chi connectivity index (χ1) is 11.3. The highest BCUT2D eigenvalue weighted by Gasteiger charge is 2.34. The summed E-state index contributed by atoms with van der Waals surface area (Å²) >= 11 is 1.54. The predicted octanol–water partition coefficient (Wildman–Crippen LogP) is 3.52. The quantitative estimate of drug-likeness (QED) is 0.616. The maximum absolute atomic E-state index is 12.4. The van der Waals surface area contributed by atoms with E-state index in [2.05, 4.69) is 4.98 Å². The molecule has 1 atom stereocenters. The Hall–Kier alpha value is -2.15. The highest BCUT2D eigenvalue weighted by molar-refractivity contribution is 7.10. The standard InChI is InChI=1S/C17H21N3O3S/c1-17(2,3)23-16(21)20-8-4-5-14(20)15-18-13(11-24-15)12-6-9-19(22)10-7-12/h6-7,9-11,14H,4-5,8H2,1-3H3/t14-/m1/s1. The lowest BCUT2D eigenvalue weighted by Crippen LogP contribution is -2.36. The largest absolute Gasteiger partial charge is 0.619 e. The molecule has 0 bridgehead atoms. The van der Waals surface area contributed by atoms with Crippen LogP contribution in [0.15, 0.2) is 29.9 Å². The number of ether oxygens (including phenoxy) is 1. The van der Waals surface area contributed by atoms with Gasteiger partial charge in [-0.25, -0.2) is 9.78 Å². The molecule has 24 heavy (non-hydrogen) atoms. The van der Waals surface area contributed by atoms with Gasteiger partial charge in [0.25, 0.3) is 0 Å². The van der Waals surface area contributed by atoms with Crippen molar-refractivity contribution in [2.24, 2.45) is 0 Å². The molecule has 1 aliphatic rings. The Morgan fingerprint density at radius 2 is 2.12 bits per heavy atom. The zero-order chi connectivity index (χ0) is 17.3. The number of carbonyl (C=O) groups is 1. The first-order valence-corrected chi connectivity index (χ1v) is 8.86. The van der Waals surface area contributed by atoms with Crippen molar-refractivity contribution in [1.82, 2.24) is 9.88 Å². The van der Waals surface area contributed by atoms with E-state index in [-0.39, 0.29) is 12.1 Å². The van der Waals surface area contributed by atoms with Gasteiger partial charge in [-0.1, -0.05) is 0 Å². The molecule has 0 unspecified atom stereocenters. The monoisotopic (exact) mass is 347 g/mol. The third-order valence-corrected chi connectivity index (χ3v) is 4.73. The number of hydrogen-bond acceptors (Lipinski definition) is 5. The van der Waals surface area contributed by atoms with E-state index in [9.17, 15) is 10.0 Å². The van der Waals surface area contributed by atoms with E-state index >= 15 is 0 Å². The van der Waals surface area contributed by atoms with Crippen LogP contribution < -0.4 is 4.73 Å². The molecule has 3 heterocycles. The number of hydrogen-bond donors (Lipinski definition) is 0. The molecule has 0 saturated carbocycles. The van der Waals surface area contributed by atoms with Gasteiger partial charge in [-0.05, 0) is 33.6 Å². The van der Waals surface area contributed by atoms with Gasteiger partial charge in [0.15, 0.2) is 12.4 Å². The molecule has 2 aromatic heterocycles. The third-order valence-electron chi connectivity index (χ3n) is 3.79. The molecule has 2 aromatic rings. The van der Waals surface area contributed by atoms with Crippen molar-refractivity contribution in [3.63, 3.8) is 0 Å². The van der Waals surface area contributed by atoms with Crippen LogP contribution >= 0.6 is 11.3 Å². The SMILES string of the molecule is CC(C)(C)OC(=O)N1CCC[C@@H]1c1nc(-c2cc[n+]([O-])cc2)cs1. The Bertz CT molecular complexity index is 721. The minimum Gasteiger partial charge on any atom is -0.619 e. The molecular weight excluding hydrogens is 326 g/mol. The summed E-state index contributed by atoms with van der Waals surface area (Å²) in [4.78, 5) is 18.8. The minimum atomic E-state index is -0.504. The summed E-state index contributed by atoms with van der Waals surface area (Å²) in [6.07, 6.45) is 4.46. The van der Waals surface area contributed by atoms with Gasteiger partial charge >= 0.3 is 6.09 Å². The second kappa shape index (κ2) is 6.39. The van der Waals surface area contributed by atoms with Gasteiger partial charge < -0.3 is 9.94 Å². The Morgan fingerprint density at radius 1 is 1.42 bits per heavy atom. The smallest absolute Gasteiger partial charge is 0.410 e. The molecule has 0 radical (unpaired) electrons. The van der Waals surface area contributed by atoms with Crippen LogP contribution in [0.4, 0.5) is 4.79 Å². The highest BCUT2D eigenvalue weighted by atomic mass is 32.1. The number of thiazole rings is 1. The first kappa shape index (κ1) is 16.7. The molecule has 7 heteroatoms. The van der Waals surface area contributed by atoms with Crippen LogP contribution in [0.25, 0.3) is 11.3 Å². The molecule has 0 N–H and O–H groups in total. The van der Waals surface area contributed by atoms with Gasteiger partial charge in [0.05, 0.1) is 11.7 Å². The Kier molecular flexibility index (Phi) is 4.45. The van der Waals surface area contributed by atoms with Crippen molar-refractivity contribution in [3.05, 3.63) is 40.1 Å². The van der Waals surface area contributed by atoms with Gasteiger partial charge in [0, 0.05) is 29.6 Å². The highest BCUT2D eigenvalue weighted by Crippen LogP contribution is 2.36. The number of aromatic nitrogens is 2. The van der Waals surface area contributed by atoms with Crippen LogP contribution in [-0.4, -0.2) is 28.1 Å². The number of likely N-dealkylation sites (tertiary alicyclic amines) is 1. The summed E-state index contributed by atoms with van der Waals surface area (Å²) in [6, 6.07) is 3.45. The molecule has 6 nitrogen and oxygen atoms in total. The van der Waals surface area contributed by atoms with Crippen LogP contribution in [0.2, 0.25) is 0 Å². The zero-order valence-corrected chi connectivity index (χ0v) is 14.9. The van der Waals surface area contributed by atoms with Gasteiger partial charge in [0.1, 0.15) is 10.6 Å². The van der Waals surface area contributed by atoms with Crippen molar-refractivity contribution >= 4 is 17.4 Å². The molecule has 1 saturated heterocycles. The summed E-state index contributed by atoms with van der Waals surface area (Å²) < 4.78 is 6.25. The number of nitrogens with zero attached hydrogens (tertiary/aromatic N) is 3. The molecule has 1 fully saturated rings. The number of amides is 1. The minimum absolute atomic E-state index is 0.0354. The fourth-order valence-corrected chi connectivity index (χ4v) is 3.69. The Labute approximate surface area is 145 Å². The van der Waals surface area contributed by atoms with Crippen molar-refractivity contribution < 1.29 is 14.3 Å². The molecule has 0 aromatic carbocycles. The van der Waals surface area contributed by atoms with Gasteiger partial charge in [0.2, 0.25) is 0 Å².